The van der Waals surface area contributed by atoms with E-state index in [2.05, 4.69) is 10.2 Å². The maximum Gasteiger partial charge on any atom is 0.237 e. The number of nitrogens with zero attached hydrogens (tertiary/aromatic N) is 1. The van der Waals surface area contributed by atoms with Crippen LogP contribution in [0, 0.1) is 0 Å². The number of amides is 1. The van der Waals surface area contributed by atoms with Crippen molar-refractivity contribution in [1.29, 1.82) is 0 Å². The van der Waals surface area contributed by atoms with Crippen molar-refractivity contribution < 1.29 is 4.79 Å². The number of nitrogens with two attached hydrogens (primary N) is 1. The molecule has 0 bridgehead atoms. The van der Waals surface area contributed by atoms with E-state index in [0.717, 1.165) is 12.8 Å². The molecule has 3 unspecified atom stereocenters. The molecule has 1 rings (SSSR count). The van der Waals surface area contributed by atoms with Gasteiger partial charge in [0.1, 0.15) is 0 Å². The van der Waals surface area contributed by atoms with Crippen molar-refractivity contribution in [2.45, 2.75) is 70.6 Å². The average molecular weight is 241 g/mol. The Bertz CT molecular complexity index is 255. The molecule has 1 fully saturated rings. The molecule has 3 N–H and O–H groups in total. The zero-order valence-electron chi connectivity index (χ0n) is 11.6. The van der Waals surface area contributed by atoms with Gasteiger partial charge in [-0.25, -0.2) is 0 Å². The first kappa shape index (κ1) is 14.5. The average Bonchev–Trinajstić information content (AvgIpc) is 2.27. The third-order valence-corrected chi connectivity index (χ3v) is 3.73. The molecule has 0 aromatic heterocycles. The quantitative estimate of drug-likeness (QED) is 0.775. The fourth-order valence-corrected chi connectivity index (χ4v) is 2.52. The van der Waals surface area contributed by atoms with E-state index in [1.165, 1.54) is 12.8 Å². The van der Waals surface area contributed by atoms with Crippen LogP contribution < -0.4 is 11.1 Å². The minimum atomic E-state index is -0.105. The largest absolute Gasteiger partial charge is 0.353 e. The lowest BCUT2D eigenvalue weighted by atomic mass is 9.89. The maximum atomic E-state index is 12.0. The van der Waals surface area contributed by atoms with Crippen LogP contribution >= 0.6 is 0 Å². The molecular formula is C13H27N3O. The van der Waals surface area contributed by atoms with E-state index < -0.39 is 0 Å². The van der Waals surface area contributed by atoms with Gasteiger partial charge >= 0.3 is 0 Å². The summed E-state index contributed by atoms with van der Waals surface area (Å²) in [6.45, 7) is 5.92. The highest BCUT2D eigenvalue weighted by molar-refractivity contribution is 5.81. The number of likely N-dealkylation sites (N-methyl/N-ethyl adjacent to an activating group) is 1. The summed E-state index contributed by atoms with van der Waals surface area (Å²) in [4.78, 5) is 14.1. The summed E-state index contributed by atoms with van der Waals surface area (Å²) in [6.07, 6.45) is 4.63. The van der Waals surface area contributed by atoms with Gasteiger partial charge in [0.25, 0.3) is 0 Å². The van der Waals surface area contributed by atoms with E-state index in [1.54, 1.807) is 0 Å². The van der Waals surface area contributed by atoms with Gasteiger partial charge in [-0.3, -0.25) is 9.69 Å². The van der Waals surface area contributed by atoms with E-state index in [0.29, 0.717) is 6.04 Å². The van der Waals surface area contributed by atoms with Crippen molar-refractivity contribution in [3.8, 4) is 0 Å². The zero-order valence-corrected chi connectivity index (χ0v) is 11.6. The van der Waals surface area contributed by atoms with Crippen LogP contribution in [-0.2, 0) is 4.79 Å². The van der Waals surface area contributed by atoms with Gasteiger partial charge in [-0.2, -0.15) is 0 Å². The minimum absolute atomic E-state index is 0.0975. The Labute approximate surface area is 105 Å². The van der Waals surface area contributed by atoms with Crippen molar-refractivity contribution in [2.24, 2.45) is 5.73 Å². The molecule has 1 amide bonds. The van der Waals surface area contributed by atoms with Gasteiger partial charge in [0.15, 0.2) is 0 Å². The Morgan fingerprint density at radius 2 is 1.88 bits per heavy atom. The smallest absolute Gasteiger partial charge is 0.237 e. The Morgan fingerprint density at radius 3 is 2.41 bits per heavy atom. The van der Waals surface area contributed by atoms with Gasteiger partial charge in [-0.05, 0) is 40.7 Å². The van der Waals surface area contributed by atoms with E-state index in [1.807, 2.05) is 27.8 Å². The summed E-state index contributed by atoms with van der Waals surface area (Å²) in [5.74, 6) is 0.0975. The van der Waals surface area contributed by atoms with Gasteiger partial charge in [0.05, 0.1) is 6.04 Å². The van der Waals surface area contributed by atoms with E-state index in [4.69, 9.17) is 5.73 Å². The summed E-state index contributed by atoms with van der Waals surface area (Å²) in [5, 5.41) is 2.96. The highest BCUT2D eigenvalue weighted by atomic mass is 16.2. The fourth-order valence-electron chi connectivity index (χ4n) is 2.52. The molecule has 0 radical (unpaired) electrons. The van der Waals surface area contributed by atoms with Crippen LogP contribution in [0.4, 0.5) is 0 Å². The normalized spacial score (nSPS) is 27.2. The molecule has 0 spiro atoms. The summed E-state index contributed by atoms with van der Waals surface area (Å²) in [6, 6.07) is 0.643. The lowest BCUT2D eigenvalue weighted by molar-refractivity contribution is -0.127. The number of nitrogens with one attached hydrogen (secondary N) is 1. The molecule has 4 nitrogen and oxygen atoms in total. The van der Waals surface area contributed by atoms with Crippen LogP contribution in [-0.4, -0.2) is 42.0 Å². The molecule has 3 atom stereocenters. The molecule has 1 aliphatic rings. The van der Waals surface area contributed by atoms with Gasteiger partial charge in [-0.1, -0.05) is 12.8 Å². The predicted molar refractivity (Wildman–Crippen MR) is 70.7 cm³/mol. The van der Waals surface area contributed by atoms with Gasteiger partial charge in [-0.15, -0.1) is 0 Å². The number of carbonyl (C=O) groups excluding carboxylic acids is 1. The highest BCUT2D eigenvalue weighted by Crippen LogP contribution is 2.22. The van der Waals surface area contributed by atoms with E-state index >= 15 is 0 Å². The molecule has 4 heteroatoms. The zero-order chi connectivity index (χ0) is 13.0. The highest BCUT2D eigenvalue weighted by Gasteiger charge is 2.30. The second kappa shape index (κ2) is 6.36. The summed E-state index contributed by atoms with van der Waals surface area (Å²) in [7, 11) is 2.01. The Balaban J connectivity index is 2.55. The predicted octanol–water partition coefficient (Wildman–Crippen LogP) is 1.10. The molecule has 0 aromatic rings. The summed E-state index contributed by atoms with van der Waals surface area (Å²) in [5.41, 5.74) is 6.15. The fraction of sp³-hybridized carbons (Fsp3) is 0.923. The monoisotopic (exact) mass is 241 g/mol. The lowest BCUT2D eigenvalue weighted by Gasteiger charge is -2.38. The molecule has 100 valence electrons. The molecule has 0 aliphatic heterocycles. The Kier molecular flexibility index (Phi) is 5.40. The molecule has 0 saturated heterocycles. The number of hydrogen-bond donors (Lipinski definition) is 2. The van der Waals surface area contributed by atoms with Crippen LogP contribution in [0.25, 0.3) is 0 Å². The SMILES string of the molecule is CC(C)NC(=O)C(C)N(C)C1CCCCC1N. The first-order valence-corrected chi connectivity index (χ1v) is 6.71. The molecular weight excluding hydrogens is 214 g/mol. The van der Waals surface area contributed by atoms with Gasteiger partial charge in [0, 0.05) is 18.1 Å². The third kappa shape index (κ3) is 3.96. The molecule has 1 aliphatic carbocycles. The van der Waals surface area contributed by atoms with Crippen LogP contribution in [0.5, 0.6) is 0 Å². The van der Waals surface area contributed by atoms with Crippen molar-refractivity contribution in [3.63, 3.8) is 0 Å². The molecule has 1 saturated carbocycles. The minimum Gasteiger partial charge on any atom is -0.353 e. The van der Waals surface area contributed by atoms with E-state index in [9.17, 15) is 4.79 Å². The first-order chi connectivity index (χ1) is 7.93. The molecule has 0 heterocycles. The summed E-state index contributed by atoms with van der Waals surface area (Å²) < 4.78 is 0. The van der Waals surface area contributed by atoms with Gasteiger partial charge < -0.3 is 11.1 Å². The standard InChI is InChI=1S/C13H27N3O/c1-9(2)15-13(17)10(3)16(4)12-8-6-5-7-11(12)14/h9-12H,5-8,14H2,1-4H3,(H,15,17). The van der Waals surface area contributed by atoms with Crippen LogP contribution in [0.1, 0.15) is 46.5 Å². The molecule has 0 aromatic carbocycles. The number of hydrogen-bond acceptors (Lipinski definition) is 3. The third-order valence-electron chi connectivity index (χ3n) is 3.73. The van der Waals surface area contributed by atoms with E-state index in [-0.39, 0.29) is 24.0 Å². The van der Waals surface area contributed by atoms with Gasteiger partial charge in [0.2, 0.25) is 5.91 Å². The van der Waals surface area contributed by atoms with Crippen LogP contribution in [0.3, 0.4) is 0 Å². The molecule has 17 heavy (non-hydrogen) atoms. The second-order valence-corrected chi connectivity index (χ2v) is 5.52. The maximum absolute atomic E-state index is 12.0. The number of rotatable bonds is 4. The summed E-state index contributed by atoms with van der Waals surface area (Å²) >= 11 is 0. The van der Waals surface area contributed by atoms with Crippen molar-refractivity contribution >= 4 is 5.91 Å². The van der Waals surface area contributed by atoms with Crippen molar-refractivity contribution in [2.75, 3.05) is 7.05 Å². The number of carbonyl (C=O) groups is 1. The van der Waals surface area contributed by atoms with Crippen molar-refractivity contribution in [3.05, 3.63) is 0 Å². The Morgan fingerprint density at radius 1 is 1.29 bits per heavy atom. The Hall–Kier alpha value is -0.610. The lowest BCUT2D eigenvalue weighted by Crippen LogP contribution is -2.55. The van der Waals surface area contributed by atoms with Crippen molar-refractivity contribution in [1.82, 2.24) is 10.2 Å². The van der Waals surface area contributed by atoms with Crippen LogP contribution in [0.2, 0.25) is 0 Å². The van der Waals surface area contributed by atoms with Crippen LogP contribution in [0.15, 0.2) is 0 Å². The first-order valence-electron chi connectivity index (χ1n) is 6.71. The topological polar surface area (TPSA) is 58.4 Å². The second-order valence-electron chi connectivity index (χ2n) is 5.52.